The molecule has 21 heavy (non-hydrogen) atoms. The smallest absolute Gasteiger partial charge is 0.368 e. The van der Waals surface area contributed by atoms with Crippen molar-refractivity contribution in [3.63, 3.8) is 0 Å². The van der Waals surface area contributed by atoms with Gasteiger partial charge in [-0.15, -0.1) is 0 Å². The summed E-state index contributed by atoms with van der Waals surface area (Å²) >= 11 is 0. The Morgan fingerprint density at radius 3 is 2.19 bits per heavy atom. The molecule has 1 aliphatic heterocycles. The fourth-order valence-corrected chi connectivity index (χ4v) is 6.36. The van der Waals surface area contributed by atoms with Gasteiger partial charge in [0.25, 0.3) is 0 Å². The summed E-state index contributed by atoms with van der Waals surface area (Å²) in [6.45, 7) is 11.0. The largest absolute Gasteiger partial charge is 0.393 e. The second-order valence-electron chi connectivity index (χ2n) is 4.84. The van der Waals surface area contributed by atoms with E-state index in [1.165, 1.54) is 18.9 Å². The molecule has 124 valence electrons. The first-order valence-corrected chi connectivity index (χ1v) is 10.2. The van der Waals surface area contributed by atoms with Gasteiger partial charge in [-0.2, -0.15) is 0 Å². The Morgan fingerprint density at radius 2 is 1.76 bits per heavy atom. The summed E-state index contributed by atoms with van der Waals surface area (Å²) in [6.07, 6.45) is 5.96. The number of carbonyl (C=O) groups excluding carboxylic acids is 1. The van der Waals surface area contributed by atoms with E-state index in [0.29, 0.717) is 6.54 Å². The highest BCUT2D eigenvalue weighted by atomic mass is 28.4. The summed E-state index contributed by atoms with van der Waals surface area (Å²) in [6, 6.07) is 1.10. The number of aliphatic imine (C=N–C) groups is 1. The van der Waals surface area contributed by atoms with Crippen molar-refractivity contribution >= 4 is 14.6 Å². The monoisotopic (exact) mass is 317 g/mol. The van der Waals surface area contributed by atoms with Crippen molar-refractivity contribution in [2.24, 2.45) is 4.99 Å². The molecule has 0 aliphatic carbocycles. The Bertz CT molecular complexity index is 282. The van der Waals surface area contributed by atoms with Crippen LogP contribution in [0.15, 0.2) is 4.99 Å². The maximum atomic E-state index is 9.27. The third-order valence-electron chi connectivity index (χ3n) is 3.28. The summed E-state index contributed by atoms with van der Waals surface area (Å²) in [5, 5.41) is 0. The van der Waals surface area contributed by atoms with Crippen LogP contribution in [0.5, 0.6) is 0 Å². The van der Waals surface area contributed by atoms with E-state index in [1.807, 2.05) is 27.7 Å². The third-order valence-corrected chi connectivity index (χ3v) is 7.32. The van der Waals surface area contributed by atoms with Crippen molar-refractivity contribution in [2.45, 2.75) is 65.1 Å². The lowest BCUT2D eigenvalue weighted by Crippen LogP contribution is -2.56. The Labute approximate surface area is 130 Å². The zero-order valence-corrected chi connectivity index (χ0v) is 15.0. The van der Waals surface area contributed by atoms with Crippen LogP contribution in [0.25, 0.3) is 0 Å². The van der Waals surface area contributed by atoms with E-state index >= 15 is 0 Å². The minimum Gasteiger partial charge on any atom is -0.393 e. The zero-order valence-electron chi connectivity index (χ0n) is 14.0. The van der Waals surface area contributed by atoms with Gasteiger partial charge in [-0.05, 0) is 39.7 Å². The molecule has 1 rings (SSSR count). The first-order valence-electron chi connectivity index (χ1n) is 8.13. The minimum atomic E-state index is -2.06. The molecule has 0 saturated carbocycles. The van der Waals surface area contributed by atoms with Gasteiger partial charge in [-0.25, -0.2) is 9.79 Å². The molecular formula is C15H31NO4Si. The number of hydrogen-bond donors (Lipinski definition) is 0. The summed E-state index contributed by atoms with van der Waals surface area (Å²) in [5.74, 6) is 0. The van der Waals surface area contributed by atoms with E-state index in [1.54, 1.807) is 0 Å². The molecule has 0 amide bonds. The minimum absolute atomic E-state index is 0.246. The second kappa shape index (κ2) is 13.2. The van der Waals surface area contributed by atoms with Gasteiger partial charge in [0.15, 0.2) is 0 Å². The summed E-state index contributed by atoms with van der Waals surface area (Å²) in [4.78, 5) is 12.6. The standard InChI is InChI=1S/C11H24O3Si.C4H7NO/c1-4-12-11-9-7-8-10-15(11,13-5-2)14-6-3;1-2-3-5-4-6/h11H,4-10H2,1-3H3;2-3H2,1H3. The molecule has 1 fully saturated rings. The summed E-state index contributed by atoms with van der Waals surface area (Å²) in [5.41, 5.74) is 0.246. The highest BCUT2D eigenvalue weighted by molar-refractivity contribution is 6.69. The van der Waals surface area contributed by atoms with E-state index in [0.717, 1.165) is 38.7 Å². The molecule has 0 aromatic rings. The third kappa shape index (κ3) is 7.88. The van der Waals surface area contributed by atoms with E-state index in [4.69, 9.17) is 13.6 Å². The average molecular weight is 318 g/mol. The zero-order chi connectivity index (χ0) is 16.0. The predicted octanol–water partition coefficient (Wildman–Crippen LogP) is 3.36. The number of nitrogens with zero attached hydrogens (tertiary/aromatic N) is 1. The molecule has 1 saturated heterocycles. The molecule has 0 bridgehead atoms. The molecule has 1 aliphatic rings. The molecule has 6 heteroatoms. The molecule has 0 N–H and O–H groups in total. The molecule has 1 atom stereocenters. The van der Waals surface area contributed by atoms with Gasteiger partial charge in [0.2, 0.25) is 6.08 Å². The number of ether oxygens (including phenoxy) is 1. The lowest BCUT2D eigenvalue weighted by molar-refractivity contribution is 0.0396. The van der Waals surface area contributed by atoms with Crippen molar-refractivity contribution in [3.05, 3.63) is 0 Å². The number of isocyanates is 1. The molecule has 0 aromatic heterocycles. The molecule has 0 spiro atoms. The molecule has 1 unspecified atom stereocenters. The van der Waals surface area contributed by atoms with Crippen LogP contribution in [0, 0.1) is 0 Å². The van der Waals surface area contributed by atoms with E-state index in [-0.39, 0.29) is 5.73 Å². The highest BCUT2D eigenvalue weighted by Crippen LogP contribution is 2.32. The van der Waals surface area contributed by atoms with Crippen LogP contribution in [0.1, 0.15) is 53.4 Å². The summed E-state index contributed by atoms with van der Waals surface area (Å²) < 4.78 is 17.8. The second-order valence-corrected chi connectivity index (χ2v) is 8.19. The lowest BCUT2D eigenvalue weighted by atomic mass is 10.2. The van der Waals surface area contributed by atoms with Gasteiger partial charge >= 0.3 is 8.56 Å². The predicted molar refractivity (Wildman–Crippen MR) is 86.4 cm³/mol. The first-order chi connectivity index (χ1) is 10.2. The maximum absolute atomic E-state index is 9.27. The molecule has 1 heterocycles. The molecule has 0 aromatic carbocycles. The van der Waals surface area contributed by atoms with Crippen LogP contribution in [-0.4, -0.2) is 46.7 Å². The van der Waals surface area contributed by atoms with Crippen molar-refractivity contribution in [1.29, 1.82) is 0 Å². The maximum Gasteiger partial charge on any atom is 0.368 e. The average Bonchev–Trinajstić information content (AvgIpc) is 2.49. The highest BCUT2D eigenvalue weighted by Gasteiger charge is 2.48. The fourth-order valence-electron chi connectivity index (χ4n) is 2.51. The Kier molecular flexibility index (Phi) is 12.8. The van der Waals surface area contributed by atoms with Crippen molar-refractivity contribution in [1.82, 2.24) is 0 Å². The van der Waals surface area contributed by atoms with Crippen molar-refractivity contribution in [3.8, 4) is 0 Å². The van der Waals surface area contributed by atoms with Crippen LogP contribution in [0.2, 0.25) is 6.04 Å². The molecular weight excluding hydrogens is 286 g/mol. The molecule has 0 radical (unpaired) electrons. The fraction of sp³-hybridized carbons (Fsp3) is 0.933. The van der Waals surface area contributed by atoms with Crippen LogP contribution < -0.4 is 0 Å². The van der Waals surface area contributed by atoms with Gasteiger partial charge in [0.05, 0.1) is 6.54 Å². The topological polar surface area (TPSA) is 57.1 Å². The van der Waals surface area contributed by atoms with Gasteiger partial charge in [0, 0.05) is 19.8 Å². The van der Waals surface area contributed by atoms with Gasteiger partial charge < -0.3 is 13.6 Å². The van der Waals surface area contributed by atoms with E-state index in [9.17, 15) is 4.79 Å². The van der Waals surface area contributed by atoms with Crippen molar-refractivity contribution in [2.75, 3.05) is 26.4 Å². The lowest BCUT2D eigenvalue weighted by Gasteiger charge is -2.39. The Hall–Kier alpha value is -0.523. The molecule has 5 nitrogen and oxygen atoms in total. The number of rotatable bonds is 8. The van der Waals surface area contributed by atoms with Gasteiger partial charge in [-0.1, -0.05) is 19.8 Å². The van der Waals surface area contributed by atoms with Crippen LogP contribution >= 0.6 is 0 Å². The first kappa shape index (κ1) is 20.5. The Morgan fingerprint density at radius 1 is 1.10 bits per heavy atom. The SMILES string of the molecule is CCCN=C=O.CCOC1CCCC[Si]1(OCC)OCC. The quantitative estimate of drug-likeness (QED) is 0.391. The van der Waals surface area contributed by atoms with E-state index < -0.39 is 8.56 Å². The van der Waals surface area contributed by atoms with E-state index in [2.05, 4.69) is 4.99 Å². The van der Waals surface area contributed by atoms with Gasteiger partial charge in [-0.3, -0.25) is 0 Å². The Balaban J connectivity index is 0.000000567. The van der Waals surface area contributed by atoms with Crippen LogP contribution in [0.4, 0.5) is 0 Å². The van der Waals surface area contributed by atoms with Crippen molar-refractivity contribution < 1.29 is 18.4 Å². The van der Waals surface area contributed by atoms with Gasteiger partial charge in [0.1, 0.15) is 5.73 Å². The summed E-state index contributed by atoms with van der Waals surface area (Å²) in [7, 11) is -2.06. The number of hydrogen-bond acceptors (Lipinski definition) is 5. The van der Waals surface area contributed by atoms with Crippen LogP contribution in [-0.2, 0) is 18.4 Å². The van der Waals surface area contributed by atoms with Crippen LogP contribution in [0.3, 0.4) is 0 Å². The normalized spacial score (nSPS) is 20.1.